The molecule has 21 heavy (non-hydrogen) atoms. The fourth-order valence-electron chi connectivity index (χ4n) is 2.74. The number of hydrogen-bond donors (Lipinski definition) is 1. The van der Waals surface area contributed by atoms with Crippen LogP contribution >= 0.6 is 23.4 Å². The molecule has 4 heteroatoms. The quantitative estimate of drug-likeness (QED) is 0.817. The van der Waals surface area contributed by atoms with Gasteiger partial charge in [-0.15, -0.1) is 11.8 Å². The van der Waals surface area contributed by atoms with E-state index in [2.05, 4.69) is 35.8 Å². The maximum absolute atomic E-state index is 6.17. The van der Waals surface area contributed by atoms with Crippen LogP contribution < -0.4 is 10.1 Å². The summed E-state index contributed by atoms with van der Waals surface area (Å²) in [6.45, 7) is 0. The van der Waals surface area contributed by atoms with Crippen molar-refractivity contribution in [1.29, 1.82) is 0 Å². The van der Waals surface area contributed by atoms with Gasteiger partial charge in [0.05, 0.1) is 0 Å². The summed E-state index contributed by atoms with van der Waals surface area (Å²) in [4.78, 5) is 1.27. The van der Waals surface area contributed by atoms with Gasteiger partial charge < -0.3 is 10.1 Å². The average molecular weight is 320 g/mol. The van der Waals surface area contributed by atoms with Gasteiger partial charge in [0.1, 0.15) is 11.9 Å². The summed E-state index contributed by atoms with van der Waals surface area (Å²) in [5.41, 5.74) is 2.36. The van der Waals surface area contributed by atoms with Gasteiger partial charge in [-0.25, -0.2) is 0 Å². The number of hydrogen-bond acceptors (Lipinski definition) is 3. The molecule has 0 saturated heterocycles. The van der Waals surface area contributed by atoms with Crippen LogP contribution in [0.3, 0.4) is 0 Å². The second kappa shape index (κ2) is 6.30. The van der Waals surface area contributed by atoms with Crippen molar-refractivity contribution >= 4 is 23.4 Å². The zero-order valence-electron chi connectivity index (χ0n) is 12.1. The minimum Gasteiger partial charge on any atom is -0.485 e. The molecule has 1 aliphatic rings. The molecule has 2 aromatic rings. The fourth-order valence-corrected chi connectivity index (χ4v) is 3.33. The van der Waals surface area contributed by atoms with Crippen molar-refractivity contribution in [2.75, 3.05) is 13.3 Å². The standard InChI is InChI=1S/C17H18ClNOS/c1-19-15-10-17(11-3-6-13(21-2)7-4-11)20-16-8-5-12(18)9-14(15)16/h3-9,15,17,19H,10H2,1-2H3. The molecule has 1 aliphatic heterocycles. The van der Waals surface area contributed by atoms with Crippen LogP contribution in [0.5, 0.6) is 5.75 Å². The van der Waals surface area contributed by atoms with Gasteiger partial charge in [0.2, 0.25) is 0 Å². The van der Waals surface area contributed by atoms with Gasteiger partial charge in [-0.2, -0.15) is 0 Å². The van der Waals surface area contributed by atoms with Gasteiger partial charge in [0.25, 0.3) is 0 Å². The summed E-state index contributed by atoms with van der Waals surface area (Å²) in [5, 5.41) is 4.12. The highest BCUT2D eigenvalue weighted by Crippen LogP contribution is 2.41. The lowest BCUT2D eigenvalue weighted by molar-refractivity contribution is 0.154. The Kier molecular flexibility index (Phi) is 4.43. The number of fused-ring (bicyclic) bond motifs is 1. The van der Waals surface area contributed by atoms with Crippen molar-refractivity contribution in [3.05, 3.63) is 58.6 Å². The average Bonchev–Trinajstić information content (AvgIpc) is 2.54. The molecule has 0 spiro atoms. The van der Waals surface area contributed by atoms with Crippen molar-refractivity contribution in [1.82, 2.24) is 5.32 Å². The summed E-state index contributed by atoms with van der Waals surface area (Å²) in [7, 11) is 1.98. The Morgan fingerprint density at radius 2 is 1.95 bits per heavy atom. The molecule has 2 aromatic carbocycles. The van der Waals surface area contributed by atoms with Crippen molar-refractivity contribution in [3.63, 3.8) is 0 Å². The molecule has 0 radical (unpaired) electrons. The number of thioether (sulfide) groups is 1. The van der Waals surface area contributed by atoms with Crippen LogP contribution in [0.15, 0.2) is 47.4 Å². The maximum atomic E-state index is 6.17. The third-order valence-corrected chi connectivity index (χ3v) is 4.88. The molecule has 0 saturated carbocycles. The highest BCUT2D eigenvalue weighted by Gasteiger charge is 2.28. The van der Waals surface area contributed by atoms with E-state index in [0.29, 0.717) is 0 Å². The van der Waals surface area contributed by atoms with Crippen molar-refractivity contribution in [3.8, 4) is 5.75 Å². The van der Waals surface area contributed by atoms with Gasteiger partial charge in [-0.1, -0.05) is 23.7 Å². The zero-order chi connectivity index (χ0) is 14.8. The molecule has 2 atom stereocenters. The third-order valence-electron chi connectivity index (χ3n) is 3.90. The number of nitrogens with one attached hydrogen (secondary N) is 1. The second-order valence-electron chi connectivity index (χ2n) is 5.14. The van der Waals surface area contributed by atoms with Crippen LogP contribution in [0.1, 0.15) is 29.7 Å². The smallest absolute Gasteiger partial charge is 0.126 e. The SMILES string of the molecule is CNC1CC(c2ccc(SC)cc2)Oc2ccc(Cl)cc21. The summed E-state index contributed by atoms with van der Waals surface area (Å²) < 4.78 is 6.17. The molecule has 1 N–H and O–H groups in total. The molecule has 0 amide bonds. The third kappa shape index (κ3) is 3.05. The molecule has 2 unspecified atom stereocenters. The van der Waals surface area contributed by atoms with E-state index in [1.165, 1.54) is 10.5 Å². The largest absolute Gasteiger partial charge is 0.485 e. The van der Waals surface area contributed by atoms with E-state index in [1.807, 2.05) is 25.2 Å². The predicted molar refractivity (Wildman–Crippen MR) is 89.5 cm³/mol. The van der Waals surface area contributed by atoms with Crippen LogP contribution in [0.25, 0.3) is 0 Å². The molecule has 2 nitrogen and oxygen atoms in total. The summed E-state index contributed by atoms with van der Waals surface area (Å²) in [6.07, 6.45) is 3.07. The monoisotopic (exact) mass is 319 g/mol. The topological polar surface area (TPSA) is 21.3 Å². The first-order valence-corrected chi connectivity index (χ1v) is 8.59. The first-order valence-electron chi connectivity index (χ1n) is 6.98. The lowest BCUT2D eigenvalue weighted by atomic mass is 9.93. The van der Waals surface area contributed by atoms with Crippen LogP contribution in [-0.4, -0.2) is 13.3 Å². The molecular weight excluding hydrogens is 302 g/mol. The Hall–Kier alpha value is -1.16. The van der Waals surface area contributed by atoms with Crippen molar-refractivity contribution in [2.24, 2.45) is 0 Å². The second-order valence-corrected chi connectivity index (χ2v) is 6.45. The van der Waals surface area contributed by atoms with Crippen LogP contribution in [0.4, 0.5) is 0 Å². The van der Waals surface area contributed by atoms with Gasteiger partial charge in [-0.3, -0.25) is 0 Å². The molecule has 110 valence electrons. The van der Waals surface area contributed by atoms with E-state index in [1.54, 1.807) is 11.8 Å². The Morgan fingerprint density at radius 3 is 2.62 bits per heavy atom. The number of ether oxygens (including phenoxy) is 1. The first-order chi connectivity index (χ1) is 10.2. The highest BCUT2D eigenvalue weighted by molar-refractivity contribution is 7.98. The molecule has 3 rings (SSSR count). The van der Waals surface area contributed by atoms with Crippen LogP contribution in [0, 0.1) is 0 Å². The first kappa shape index (κ1) is 14.8. The van der Waals surface area contributed by atoms with E-state index in [4.69, 9.17) is 16.3 Å². The summed E-state index contributed by atoms with van der Waals surface area (Å²) in [5.74, 6) is 0.920. The molecule has 0 fully saturated rings. The van der Waals surface area contributed by atoms with E-state index in [-0.39, 0.29) is 12.1 Å². The van der Waals surface area contributed by atoms with Gasteiger partial charge >= 0.3 is 0 Å². The van der Waals surface area contributed by atoms with E-state index in [0.717, 1.165) is 22.8 Å². The number of benzene rings is 2. The molecular formula is C17H18ClNOS. The Morgan fingerprint density at radius 1 is 1.19 bits per heavy atom. The Balaban J connectivity index is 1.90. The molecule has 0 aliphatic carbocycles. The van der Waals surface area contributed by atoms with Crippen LogP contribution in [0.2, 0.25) is 5.02 Å². The van der Waals surface area contributed by atoms with Crippen molar-refractivity contribution < 1.29 is 4.74 Å². The highest BCUT2D eigenvalue weighted by atomic mass is 35.5. The predicted octanol–water partition coefficient (Wildman–Crippen LogP) is 4.85. The van der Waals surface area contributed by atoms with E-state index in [9.17, 15) is 0 Å². The Bertz CT molecular complexity index is 629. The number of rotatable bonds is 3. The van der Waals surface area contributed by atoms with Gasteiger partial charge in [0.15, 0.2) is 0 Å². The lowest BCUT2D eigenvalue weighted by Gasteiger charge is -2.32. The van der Waals surface area contributed by atoms with Gasteiger partial charge in [-0.05, 0) is 49.2 Å². The minimum atomic E-state index is 0.0760. The molecule has 0 bridgehead atoms. The van der Waals surface area contributed by atoms with E-state index >= 15 is 0 Å². The van der Waals surface area contributed by atoms with Gasteiger partial charge in [0, 0.05) is 27.9 Å². The summed E-state index contributed by atoms with van der Waals surface area (Å²) in [6, 6.07) is 14.7. The Labute approximate surface area is 134 Å². The lowest BCUT2D eigenvalue weighted by Crippen LogP contribution is -2.26. The maximum Gasteiger partial charge on any atom is 0.126 e. The van der Waals surface area contributed by atoms with Crippen LogP contribution in [-0.2, 0) is 0 Å². The van der Waals surface area contributed by atoms with Crippen molar-refractivity contribution in [2.45, 2.75) is 23.5 Å². The molecule has 1 heterocycles. The fraction of sp³-hybridized carbons (Fsp3) is 0.294. The minimum absolute atomic E-state index is 0.0760. The summed E-state index contributed by atoms with van der Waals surface area (Å²) >= 11 is 7.85. The number of halogens is 1. The normalized spacial score (nSPS) is 20.7. The van der Waals surface area contributed by atoms with E-state index < -0.39 is 0 Å². The zero-order valence-corrected chi connectivity index (χ0v) is 13.7. The molecule has 0 aromatic heterocycles.